The molecule has 0 bridgehead atoms. The minimum absolute atomic E-state index is 0.911. The molecule has 0 aromatic rings. The Balaban J connectivity index is 3.41. The summed E-state index contributed by atoms with van der Waals surface area (Å²) in [4.78, 5) is 0. The summed E-state index contributed by atoms with van der Waals surface area (Å²) in [5.41, 5.74) is 0. The molecule has 0 heterocycles. The summed E-state index contributed by atoms with van der Waals surface area (Å²) < 4.78 is 0. The van der Waals surface area contributed by atoms with Gasteiger partial charge in [-0.05, 0) is 18.3 Å². The van der Waals surface area contributed by atoms with Crippen molar-refractivity contribution in [1.29, 1.82) is 0 Å². The van der Waals surface area contributed by atoms with Gasteiger partial charge in [0.2, 0.25) is 0 Å². The number of halogens is 1. The molecule has 0 saturated carbocycles. The van der Waals surface area contributed by atoms with Crippen molar-refractivity contribution in [3.05, 3.63) is 0 Å². The number of alkyl halides is 1. The van der Waals surface area contributed by atoms with E-state index in [1.807, 2.05) is 0 Å². The number of hydrogen-bond donors (Lipinski definition) is 0. The zero-order valence-electron chi connectivity index (χ0n) is 9.48. The van der Waals surface area contributed by atoms with E-state index >= 15 is 0 Å². The molecule has 0 radical (unpaired) electrons. The lowest BCUT2D eigenvalue weighted by Gasteiger charge is -2.14. The lowest BCUT2D eigenvalue weighted by Crippen LogP contribution is -2.02. The van der Waals surface area contributed by atoms with Gasteiger partial charge in [0.1, 0.15) is 0 Å². The third-order valence-electron chi connectivity index (χ3n) is 3.18. The summed E-state index contributed by atoms with van der Waals surface area (Å²) >= 11 is 3.58. The molecule has 0 aliphatic rings. The highest BCUT2D eigenvalue weighted by molar-refractivity contribution is 9.09. The molecule has 0 aliphatic heterocycles. The monoisotopic (exact) mass is 248 g/mol. The third kappa shape index (κ3) is 6.54. The van der Waals surface area contributed by atoms with Crippen molar-refractivity contribution < 1.29 is 0 Å². The van der Waals surface area contributed by atoms with E-state index in [2.05, 4.69) is 36.7 Å². The Morgan fingerprint density at radius 1 is 0.846 bits per heavy atom. The van der Waals surface area contributed by atoms with Crippen LogP contribution < -0.4 is 0 Å². The third-order valence-corrected chi connectivity index (χ3v) is 4.09. The van der Waals surface area contributed by atoms with Crippen LogP contribution >= 0.6 is 15.9 Å². The summed E-state index contributed by atoms with van der Waals surface area (Å²) in [6, 6.07) is 0. The fourth-order valence-electron chi connectivity index (χ4n) is 1.78. The number of rotatable bonds is 8. The van der Waals surface area contributed by atoms with Gasteiger partial charge in [0, 0.05) is 5.33 Å². The molecule has 0 aromatic heterocycles. The van der Waals surface area contributed by atoms with E-state index in [0.29, 0.717) is 0 Å². The van der Waals surface area contributed by atoms with Gasteiger partial charge in [0.25, 0.3) is 0 Å². The van der Waals surface area contributed by atoms with Gasteiger partial charge in [0.05, 0.1) is 0 Å². The first kappa shape index (κ1) is 13.5. The van der Waals surface area contributed by atoms with Gasteiger partial charge in [-0.1, -0.05) is 68.8 Å². The van der Waals surface area contributed by atoms with Crippen LogP contribution in [-0.2, 0) is 0 Å². The minimum Gasteiger partial charge on any atom is -0.0925 e. The molecule has 0 nitrogen and oxygen atoms in total. The van der Waals surface area contributed by atoms with Gasteiger partial charge in [-0.25, -0.2) is 0 Å². The lowest BCUT2D eigenvalue weighted by molar-refractivity contribution is 0.402. The first-order valence-corrected chi connectivity index (χ1v) is 6.96. The van der Waals surface area contributed by atoms with Crippen LogP contribution in [0, 0.1) is 11.8 Å². The van der Waals surface area contributed by atoms with Crippen molar-refractivity contribution in [2.45, 2.75) is 59.3 Å². The summed E-state index contributed by atoms with van der Waals surface area (Å²) in [6.07, 6.45) is 8.34. The molecule has 0 rings (SSSR count). The van der Waals surface area contributed by atoms with Crippen molar-refractivity contribution in [2.75, 3.05) is 5.33 Å². The molecular weight excluding hydrogens is 224 g/mol. The minimum atomic E-state index is 0.911. The molecule has 80 valence electrons. The second kappa shape index (κ2) is 9.05. The largest absolute Gasteiger partial charge is 0.0925 e. The predicted octanol–water partition coefficient (Wildman–Crippen LogP) is 5.01. The van der Waals surface area contributed by atoms with Crippen LogP contribution in [0.2, 0.25) is 0 Å². The van der Waals surface area contributed by atoms with Gasteiger partial charge in [-0.3, -0.25) is 0 Å². The highest BCUT2D eigenvalue weighted by atomic mass is 79.9. The first-order chi connectivity index (χ1) is 6.28. The van der Waals surface area contributed by atoms with Crippen LogP contribution in [-0.4, -0.2) is 5.33 Å². The lowest BCUT2D eigenvalue weighted by atomic mass is 9.93. The molecule has 0 N–H and O–H groups in total. The highest BCUT2D eigenvalue weighted by Crippen LogP contribution is 2.20. The van der Waals surface area contributed by atoms with Crippen LogP contribution in [0.1, 0.15) is 59.3 Å². The molecule has 0 spiro atoms. The molecule has 13 heavy (non-hydrogen) atoms. The molecule has 1 unspecified atom stereocenters. The standard InChI is InChI=1S/C12H25Br/c1-4-11(5-2)8-7-9-12(6-3)10-13/h11-12H,4-10H2,1-3H3. The molecule has 1 atom stereocenters. The molecule has 0 aliphatic carbocycles. The van der Waals surface area contributed by atoms with E-state index in [4.69, 9.17) is 0 Å². The molecular formula is C12H25Br. The normalized spacial score (nSPS) is 13.6. The van der Waals surface area contributed by atoms with Crippen molar-refractivity contribution in [3.8, 4) is 0 Å². The first-order valence-electron chi connectivity index (χ1n) is 5.84. The van der Waals surface area contributed by atoms with Crippen LogP contribution in [0.5, 0.6) is 0 Å². The van der Waals surface area contributed by atoms with E-state index in [9.17, 15) is 0 Å². The number of hydrogen-bond acceptors (Lipinski definition) is 0. The molecule has 0 saturated heterocycles. The molecule has 1 heteroatoms. The van der Waals surface area contributed by atoms with E-state index in [1.165, 1.54) is 43.9 Å². The van der Waals surface area contributed by atoms with Crippen molar-refractivity contribution in [3.63, 3.8) is 0 Å². The van der Waals surface area contributed by atoms with Crippen molar-refractivity contribution in [2.24, 2.45) is 11.8 Å². The average molecular weight is 249 g/mol. The van der Waals surface area contributed by atoms with E-state index in [0.717, 1.165) is 11.8 Å². The molecule has 0 aromatic carbocycles. The highest BCUT2D eigenvalue weighted by Gasteiger charge is 2.06. The second-order valence-electron chi connectivity index (χ2n) is 4.04. The summed E-state index contributed by atoms with van der Waals surface area (Å²) in [7, 11) is 0. The van der Waals surface area contributed by atoms with E-state index < -0.39 is 0 Å². The maximum absolute atomic E-state index is 3.58. The fraction of sp³-hybridized carbons (Fsp3) is 1.00. The summed E-state index contributed by atoms with van der Waals surface area (Å²) in [5.74, 6) is 1.89. The quantitative estimate of drug-likeness (QED) is 0.530. The van der Waals surface area contributed by atoms with E-state index in [1.54, 1.807) is 0 Å². The Labute approximate surface area is 92.6 Å². The van der Waals surface area contributed by atoms with Crippen molar-refractivity contribution in [1.82, 2.24) is 0 Å². The van der Waals surface area contributed by atoms with Gasteiger partial charge in [-0.15, -0.1) is 0 Å². The molecule has 0 amide bonds. The predicted molar refractivity (Wildman–Crippen MR) is 65.5 cm³/mol. The SMILES string of the molecule is CCC(CC)CCCC(CC)CBr. The van der Waals surface area contributed by atoms with Gasteiger partial charge < -0.3 is 0 Å². The fourth-order valence-corrected chi connectivity index (χ4v) is 2.56. The Morgan fingerprint density at radius 2 is 1.31 bits per heavy atom. The maximum Gasteiger partial charge on any atom is 0.00595 e. The zero-order chi connectivity index (χ0) is 10.1. The Bertz CT molecular complexity index is 81.3. The summed E-state index contributed by atoms with van der Waals surface area (Å²) in [6.45, 7) is 6.93. The van der Waals surface area contributed by atoms with Crippen molar-refractivity contribution >= 4 is 15.9 Å². The van der Waals surface area contributed by atoms with Crippen LogP contribution in [0.4, 0.5) is 0 Å². The van der Waals surface area contributed by atoms with Gasteiger partial charge in [0.15, 0.2) is 0 Å². The van der Waals surface area contributed by atoms with Crippen LogP contribution in [0.15, 0.2) is 0 Å². The van der Waals surface area contributed by atoms with Crippen LogP contribution in [0.25, 0.3) is 0 Å². The van der Waals surface area contributed by atoms with E-state index in [-0.39, 0.29) is 0 Å². The van der Waals surface area contributed by atoms with Gasteiger partial charge >= 0.3 is 0 Å². The molecule has 0 fully saturated rings. The van der Waals surface area contributed by atoms with Gasteiger partial charge in [-0.2, -0.15) is 0 Å². The Hall–Kier alpha value is 0.480. The smallest absolute Gasteiger partial charge is 0.00595 e. The topological polar surface area (TPSA) is 0 Å². The zero-order valence-corrected chi connectivity index (χ0v) is 11.1. The average Bonchev–Trinajstić information content (AvgIpc) is 2.19. The van der Waals surface area contributed by atoms with Crippen LogP contribution in [0.3, 0.4) is 0 Å². The second-order valence-corrected chi connectivity index (χ2v) is 4.69. The Kier molecular flexibility index (Phi) is 9.39. The summed E-state index contributed by atoms with van der Waals surface area (Å²) in [5, 5.41) is 1.19. The Morgan fingerprint density at radius 3 is 1.69 bits per heavy atom. The maximum atomic E-state index is 3.58.